The van der Waals surface area contributed by atoms with Crippen LogP contribution in [-0.2, 0) is 0 Å². The minimum Gasteiger partial charge on any atom is -0.389 e. The first-order valence-corrected chi connectivity index (χ1v) is 5.80. The Bertz CT molecular complexity index is 244. The van der Waals surface area contributed by atoms with E-state index in [1.54, 1.807) is 0 Å². The van der Waals surface area contributed by atoms with Gasteiger partial charge in [0.05, 0.1) is 5.60 Å². The highest BCUT2D eigenvalue weighted by atomic mass is 16.3. The lowest BCUT2D eigenvalue weighted by molar-refractivity contribution is -0.145. The van der Waals surface area contributed by atoms with Crippen molar-refractivity contribution in [3.05, 3.63) is 0 Å². The van der Waals surface area contributed by atoms with Crippen molar-refractivity contribution >= 4 is 0 Å². The van der Waals surface area contributed by atoms with E-state index in [0.29, 0.717) is 12.5 Å². The van der Waals surface area contributed by atoms with Crippen molar-refractivity contribution in [3.8, 4) is 0 Å². The summed E-state index contributed by atoms with van der Waals surface area (Å²) in [5.74, 6) is 0.698. The lowest BCUT2D eigenvalue weighted by atomic mass is 9.59. The third kappa shape index (κ3) is 0.938. The fourth-order valence-corrected chi connectivity index (χ4v) is 4.18. The summed E-state index contributed by atoms with van der Waals surface area (Å²) in [5.41, 5.74) is 5.30. The van der Waals surface area contributed by atoms with Gasteiger partial charge in [0.25, 0.3) is 0 Å². The first-order chi connectivity index (χ1) is 6.37. The van der Waals surface area contributed by atoms with Gasteiger partial charge in [-0.25, -0.2) is 0 Å². The summed E-state index contributed by atoms with van der Waals surface area (Å²) in [7, 11) is 0. The molecule has 0 spiro atoms. The summed E-state index contributed by atoms with van der Waals surface area (Å²) in [6.45, 7) is 7.29. The predicted molar refractivity (Wildman–Crippen MR) is 57.9 cm³/mol. The van der Waals surface area contributed by atoms with E-state index in [2.05, 4.69) is 20.8 Å². The van der Waals surface area contributed by atoms with Crippen LogP contribution in [0.15, 0.2) is 0 Å². The summed E-state index contributed by atoms with van der Waals surface area (Å²) in [4.78, 5) is 0. The molecule has 0 aromatic rings. The molecule has 0 aliphatic heterocycles. The van der Waals surface area contributed by atoms with Gasteiger partial charge < -0.3 is 10.8 Å². The van der Waals surface area contributed by atoms with E-state index in [1.165, 1.54) is 19.3 Å². The smallest absolute Gasteiger partial charge is 0.0766 e. The summed E-state index contributed by atoms with van der Waals surface area (Å²) >= 11 is 0. The van der Waals surface area contributed by atoms with E-state index >= 15 is 0 Å². The van der Waals surface area contributed by atoms with Gasteiger partial charge in [-0.05, 0) is 49.0 Å². The van der Waals surface area contributed by atoms with Gasteiger partial charge in [-0.2, -0.15) is 0 Å². The topological polar surface area (TPSA) is 46.2 Å². The van der Waals surface area contributed by atoms with Crippen molar-refractivity contribution in [2.45, 2.75) is 52.1 Å². The average Bonchev–Trinajstić information content (AvgIpc) is 2.53. The molecule has 0 saturated heterocycles. The second kappa shape index (κ2) is 2.73. The maximum atomic E-state index is 10.9. The molecule has 2 heteroatoms. The van der Waals surface area contributed by atoms with Crippen LogP contribution >= 0.6 is 0 Å². The van der Waals surface area contributed by atoms with Crippen LogP contribution in [0.5, 0.6) is 0 Å². The van der Waals surface area contributed by atoms with Gasteiger partial charge in [0.1, 0.15) is 0 Å². The summed E-state index contributed by atoms with van der Waals surface area (Å²) in [6, 6.07) is 0. The Labute approximate surface area is 86.9 Å². The lowest BCUT2D eigenvalue weighted by Gasteiger charge is -2.50. The van der Waals surface area contributed by atoms with Gasteiger partial charge in [-0.3, -0.25) is 0 Å². The maximum Gasteiger partial charge on any atom is 0.0766 e. The molecular formula is C12H23NO. The first-order valence-electron chi connectivity index (χ1n) is 5.80. The molecule has 0 amide bonds. The summed E-state index contributed by atoms with van der Waals surface area (Å²) in [6.07, 6.45) is 4.41. The Hall–Kier alpha value is -0.0800. The average molecular weight is 197 g/mol. The zero-order valence-corrected chi connectivity index (χ0v) is 9.64. The van der Waals surface area contributed by atoms with Gasteiger partial charge in [-0.1, -0.05) is 20.8 Å². The highest BCUT2D eigenvalue weighted by Crippen LogP contribution is 2.68. The van der Waals surface area contributed by atoms with E-state index in [-0.39, 0.29) is 10.8 Å². The molecular weight excluding hydrogens is 174 g/mol. The maximum absolute atomic E-state index is 10.9. The molecule has 0 aromatic heterocycles. The normalized spacial score (nSPS) is 49.9. The van der Waals surface area contributed by atoms with E-state index in [4.69, 9.17) is 5.73 Å². The molecule has 2 aliphatic carbocycles. The highest BCUT2D eigenvalue weighted by Gasteiger charge is 2.67. The molecule has 2 rings (SSSR count). The molecule has 0 heterocycles. The van der Waals surface area contributed by atoms with E-state index < -0.39 is 5.60 Å². The Morgan fingerprint density at radius 1 is 1.36 bits per heavy atom. The summed E-state index contributed by atoms with van der Waals surface area (Å²) < 4.78 is 0. The number of hydrogen-bond acceptors (Lipinski definition) is 2. The van der Waals surface area contributed by atoms with Crippen LogP contribution in [0.2, 0.25) is 0 Å². The van der Waals surface area contributed by atoms with E-state index in [9.17, 15) is 5.11 Å². The van der Waals surface area contributed by atoms with Crippen LogP contribution < -0.4 is 5.73 Å². The fourth-order valence-electron chi connectivity index (χ4n) is 4.18. The zero-order chi connectivity index (χ0) is 10.6. The molecule has 2 saturated carbocycles. The van der Waals surface area contributed by atoms with Crippen molar-refractivity contribution in [3.63, 3.8) is 0 Å². The Morgan fingerprint density at radius 3 is 2.43 bits per heavy atom. The van der Waals surface area contributed by atoms with Crippen LogP contribution in [0.4, 0.5) is 0 Å². The highest BCUT2D eigenvalue weighted by molar-refractivity contribution is 5.17. The van der Waals surface area contributed by atoms with Crippen LogP contribution in [0.3, 0.4) is 0 Å². The second-order valence-corrected chi connectivity index (χ2v) is 6.12. The largest absolute Gasteiger partial charge is 0.389 e. The number of aliphatic hydroxyl groups is 1. The Balaban J connectivity index is 2.38. The van der Waals surface area contributed by atoms with Crippen molar-refractivity contribution in [1.82, 2.24) is 0 Å². The van der Waals surface area contributed by atoms with Gasteiger partial charge in [-0.15, -0.1) is 0 Å². The molecule has 3 atom stereocenters. The van der Waals surface area contributed by atoms with Crippen molar-refractivity contribution in [2.75, 3.05) is 6.54 Å². The van der Waals surface area contributed by atoms with E-state index in [1.807, 2.05) is 0 Å². The standard InChI is InChI=1S/C12H23NO/c1-10(2)9-4-5-11(3,8-9)12(10,14)6-7-13/h9,14H,4-8,13H2,1-3H3. The Kier molecular flexibility index (Phi) is 2.04. The SMILES string of the molecule is CC12CCC(C1)C(C)(C)C2(O)CCN. The van der Waals surface area contributed by atoms with Gasteiger partial charge in [0, 0.05) is 0 Å². The first kappa shape index (κ1) is 10.4. The second-order valence-electron chi connectivity index (χ2n) is 6.12. The number of rotatable bonds is 2. The van der Waals surface area contributed by atoms with Crippen molar-refractivity contribution in [2.24, 2.45) is 22.5 Å². The van der Waals surface area contributed by atoms with Crippen LogP contribution in [0.1, 0.15) is 46.5 Å². The van der Waals surface area contributed by atoms with Crippen LogP contribution in [0, 0.1) is 16.7 Å². The van der Waals surface area contributed by atoms with Gasteiger partial charge in [0.2, 0.25) is 0 Å². The Morgan fingerprint density at radius 2 is 2.00 bits per heavy atom. The van der Waals surface area contributed by atoms with Crippen molar-refractivity contribution in [1.29, 1.82) is 0 Å². The fraction of sp³-hybridized carbons (Fsp3) is 1.00. The predicted octanol–water partition coefficient (Wildman–Crippen LogP) is 1.91. The number of hydrogen-bond donors (Lipinski definition) is 2. The summed E-state index contributed by atoms with van der Waals surface area (Å²) in [5, 5.41) is 10.9. The molecule has 82 valence electrons. The number of fused-ring (bicyclic) bond motifs is 2. The monoisotopic (exact) mass is 197 g/mol. The van der Waals surface area contributed by atoms with Crippen molar-refractivity contribution < 1.29 is 5.11 Å². The quantitative estimate of drug-likeness (QED) is 0.710. The third-order valence-electron chi connectivity index (χ3n) is 5.33. The molecule has 14 heavy (non-hydrogen) atoms. The van der Waals surface area contributed by atoms with Gasteiger partial charge >= 0.3 is 0 Å². The molecule has 0 aromatic carbocycles. The molecule has 3 N–H and O–H groups in total. The minimum atomic E-state index is -0.530. The van der Waals surface area contributed by atoms with Gasteiger partial charge in [0.15, 0.2) is 0 Å². The molecule has 2 bridgehead atoms. The molecule has 0 radical (unpaired) electrons. The minimum absolute atomic E-state index is 0.0549. The zero-order valence-electron chi connectivity index (χ0n) is 9.64. The molecule has 2 aliphatic rings. The molecule has 2 fully saturated rings. The van der Waals surface area contributed by atoms with Crippen LogP contribution in [0.25, 0.3) is 0 Å². The molecule has 3 unspecified atom stereocenters. The lowest BCUT2D eigenvalue weighted by Crippen LogP contribution is -2.55. The van der Waals surface area contributed by atoms with Crippen LogP contribution in [-0.4, -0.2) is 17.3 Å². The third-order valence-corrected chi connectivity index (χ3v) is 5.33. The van der Waals surface area contributed by atoms with E-state index in [0.717, 1.165) is 6.42 Å². The molecule has 2 nitrogen and oxygen atoms in total. The number of nitrogens with two attached hydrogens (primary N) is 1.